The highest BCUT2D eigenvalue weighted by molar-refractivity contribution is 7.91. The van der Waals surface area contributed by atoms with E-state index >= 15 is 0 Å². The van der Waals surface area contributed by atoms with Gasteiger partial charge in [-0.1, -0.05) is 34.5 Å². The fourth-order valence-electron chi connectivity index (χ4n) is 4.73. The number of thiazole rings is 1. The van der Waals surface area contributed by atoms with E-state index in [-0.39, 0.29) is 29.1 Å². The van der Waals surface area contributed by atoms with Crippen LogP contribution in [0.15, 0.2) is 34.5 Å². The molecular weight excluding hydrogens is 585 g/mol. The van der Waals surface area contributed by atoms with Crippen LogP contribution in [-0.2, 0) is 21.4 Å². The number of thiophene rings is 1. The number of anilines is 1. The molecule has 8 nitrogen and oxygen atoms in total. The lowest BCUT2D eigenvalue weighted by Gasteiger charge is -2.32. The summed E-state index contributed by atoms with van der Waals surface area (Å²) in [5, 5.41) is 5.79. The summed E-state index contributed by atoms with van der Waals surface area (Å²) >= 11 is 14.8. The van der Waals surface area contributed by atoms with Crippen molar-refractivity contribution in [3.05, 3.63) is 56.6 Å². The number of rotatable bonds is 7. The van der Waals surface area contributed by atoms with E-state index in [1.807, 2.05) is 43.7 Å². The molecule has 0 bridgehead atoms. The van der Waals surface area contributed by atoms with Crippen LogP contribution in [0, 0.1) is 26.7 Å². The van der Waals surface area contributed by atoms with Crippen LogP contribution in [0.4, 0.5) is 5.13 Å². The van der Waals surface area contributed by atoms with Crippen molar-refractivity contribution in [3.8, 4) is 0 Å². The number of halogens is 2. The van der Waals surface area contributed by atoms with Gasteiger partial charge in [0.15, 0.2) is 5.13 Å². The second-order valence-electron chi connectivity index (χ2n) is 9.39. The highest BCUT2D eigenvalue weighted by atomic mass is 35.5. The third-order valence-corrected chi connectivity index (χ3v) is 11.9. The highest BCUT2D eigenvalue weighted by Gasteiger charge is 2.35. The van der Waals surface area contributed by atoms with E-state index in [0.717, 1.165) is 38.5 Å². The maximum atomic E-state index is 13.9. The lowest BCUT2D eigenvalue weighted by Crippen LogP contribution is -2.45. The monoisotopic (exact) mass is 611 g/mol. The summed E-state index contributed by atoms with van der Waals surface area (Å²) in [5.74, 6) is -0.365. The van der Waals surface area contributed by atoms with Gasteiger partial charge in [0.2, 0.25) is 5.91 Å². The number of nitrogens with zero attached hydrogens (tertiary/aromatic N) is 5. The molecule has 3 aromatic heterocycles. The number of carbonyl (C=O) groups is 1. The Morgan fingerprint density at radius 3 is 2.47 bits per heavy atom. The number of benzene rings is 1. The number of carbonyl (C=O) groups excluding carboxylic acids is 1. The zero-order chi connectivity index (χ0) is 27.2. The molecule has 0 saturated carbocycles. The molecule has 0 aliphatic carbocycles. The van der Waals surface area contributed by atoms with Crippen molar-refractivity contribution in [3.63, 3.8) is 0 Å². The molecule has 1 aliphatic heterocycles. The Hall–Kier alpha value is -2.02. The predicted molar refractivity (Wildman–Crippen MR) is 154 cm³/mol. The van der Waals surface area contributed by atoms with Gasteiger partial charge in [0.05, 0.1) is 26.8 Å². The fourth-order valence-corrected chi connectivity index (χ4v) is 9.04. The molecule has 4 aromatic rings. The Bertz CT molecular complexity index is 1600. The van der Waals surface area contributed by atoms with Crippen LogP contribution in [0.1, 0.15) is 29.8 Å². The van der Waals surface area contributed by atoms with Crippen molar-refractivity contribution in [2.24, 2.45) is 5.92 Å². The average molecular weight is 613 g/mol. The first kappa shape index (κ1) is 27.5. The second-order valence-corrected chi connectivity index (χ2v) is 14.7. The topological polar surface area (TPSA) is 88.4 Å². The largest absolute Gasteiger partial charge is 0.286 e. The Labute approximate surface area is 239 Å². The Morgan fingerprint density at radius 1 is 1.11 bits per heavy atom. The number of fused-ring (bicyclic) bond motifs is 1. The van der Waals surface area contributed by atoms with Crippen molar-refractivity contribution in [1.82, 2.24) is 19.1 Å². The van der Waals surface area contributed by atoms with Gasteiger partial charge in [0.1, 0.15) is 4.21 Å². The van der Waals surface area contributed by atoms with Crippen molar-refractivity contribution in [2.75, 3.05) is 24.5 Å². The van der Waals surface area contributed by atoms with Gasteiger partial charge in [-0.2, -0.15) is 9.40 Å². The third-order valence-electron chi connectivity index (χ3n) is 6.82. The first-order chi connectivity index (χ1) is 18.0. The minimum absolute atomic E-state index is 0.0504. The van der Waals surface area contributed by atoms with Gasteiger partial charge in [-0.15, -0.1) is 11.3 Å². The zero-order valence-corrected chi connectivity index (χ0v) is 25.1. The van der Waals surface area contributed by atoms with Gasteiger partial charge in [-0.05, 0) is 69.5 Å². The Kier molecular flexibility index (Phi) is 7.87. The number of hydrogen-bond acceptors (Lipinski definition) is 7. The van der Waals surface area contributed by atoms with Gasteiger partial charge in [0.25, 0.3) is 10.0 Å². The number of aryl methyl sites for hydroxylation is 3. The van der Waals surface area contributed by atoms with E-state index in [9.17, 15) is 13.2 Å². The summed E-state index contributed by atoms with van der Waals surface area (Å²) in [4.78, 5) is 20.5. The molecule has 202 valence electrons. The van der Waals surface area contributed by atoms with E-state index in [2.05, 4.69) is 5.10 Å². The van der Waals surface area contributed by atoms with Crippen LogP contribution in [-0.4, -0.2) is 53.0 Å². The molecule has 1 aromatic carbocycles. The molecule has 13 heteroatoms. The summed E-state index contributed by atoms with van der Waals surface area (Å²) in [5.41, 5.74) is 3.61. The van der Waals surface area contributed by atoms with Gasteiger partial charge in [-0.3, -0.25) is 14.4 Å². The van der Waals surface area contributed by atoms with Crippen molar-refractivity contribution in [1.29, 1.82) is 0 Å². The first-order valence-corrected chi connectivity index (χ1v) is 16.0. The molecular formula is C25H27Cl2N5O3S3. The molecule has 0 spiro atoms. The van der Waals surface area contributed by atoms with Crippen LogP contribution in [0.2, 0.25) is 9.36 Å². The smallest absolute Gasteiger partial charge is 0.252 e. The van der Waals surface area contributed by atoms with Crippen molar-refractivity contribution >= 4 is 77.2 Å². The molecule has 1 fully saturated rings. The normalized spacial score (nSPS) is 15.4. The average Bonchev–Trinajstić information content (AvgIpc) is 3.60. The lowest BCUT2D eigenvalue weighted by molar-refractivity contribution is -0.123. The van der Waals surface area contributed by atoms with Crippen LogP contribution >= 0.6 is 45.9 Å². The number of amides is 1. The van der Waals surface area contributed by atoms with E-state index < -0.39 is 10.0 Å². The molecule has 0 atom stereocenters. The lowest BCUT2D eigenvalue weighted by atomic mass is 9.96. The Balaban J connectivity index is 1.38. The van der Waals surface area contributed by atoms with Crippen LogP contribution in [0.25, 0.3) is 10.2 Å². The van der Waals surface area contributed by atoms with Gasteiger partial charge >= 0.3 is 0 Å². The summed E-state index contributed by atoms with van der Waals surface area (Å²) in [6.07, 6.45) is 0.868. The standard InChI is InChI=1S/C25H27Cl2N5O3S3/c1-15-14-16(2)32(29-15)13-12-31(25-28-23-17(3)19(26)4-5-20(23)36-25)24(33)18-8-10-30(11-9-18)38(34,35)22-7-6-21(27)37-22/h4-7,14,18H,8-13H2,1-3H3. The van der Waals surface area contributed by atoms with Gasteiger partial charge in [0, 0.05) is 36.3 Å². The predicted octanol–water partition coefficient (Wildman–Crippen LogP) is 5.92. The quantitative estimate of drug-likeness (QED) is 0.259. The third kappa shape index (κ3) is 5.37. The molecule has 0 N–H and O–H groups in total. The summed E-state index contributed by atoms with van der Waals surface area (Å²) in [6, 6.07) is 8.90. The molecule has 5 rings (SSSR count). The van der Waals surface area contributed by atoms with Crippen molar-refractivity contribution in [2.45, 2.75) is 44.4 Å². The van der Waals surface area contributed by atoms with Crippen LogP contribution in [0.3, 0.4) is 0 Å². The van der Waals surface area contributed by atoms with Crippen LogP contribution < -0.4 is 4.90 Å². The summed E-state index contributed by atoms with van der Waals surface area (Å²) in [7, 11) is -3.63. The SMILES string of the molecule is Cc1cc(C)n(CCN(C(=O)C2CCN(S(=O)(=O)c3ccc(Cl)s3)CC2)c2nc3c(C)c(Cl)ccc3s2)n1. The minimum Gasteiger partial charge on any atom is -0.286 e. The first-order valence-electron chi connectivity index (χ1n) is 12.2. The molecule has 4 heterocycles. The van der Waals surface area contributed by atoms with Gasteiger partial charge in [-0.25, -0.2) is 13.4 Å². The number of hydrogen-bond donors (Lipinski definition) is 0. The van der Waals surface area contributed by atoms with E-state index in [1.165, 1.54) is 21.7 Å². The highest BCUT2D eigenvalue weighted by Crippen LogP contribution is 2.36. The minimum atomic E-state index is -3.63. The number of piperidine rings is 1. The maximum absolute atomic E-state index is 13.9. The molecule has 0 unspecified atom stereocenters. The summed E-state index contributed by atoms with van der Waals surface area (Å²) < 4.78 is 31.0. The van der Waals surface area contributed by atoms with E-state index in [1.54, 1.807) is 11.0 Å². The zero-order valence-electron chi connectivity index (χ0n) is 21.1. The van der Waals surface area contributed by atoms with E-state index in [4.69, 9.17) is 28.2 Å². The van der Waals surface area contributed by atoms with Crippen LogP contribution in [0.5, 0.6) is 0 Å². The van der Waals surface area contributed by atoms with E-state index in [0.29, 0.717) is 40.4 Å². The second kappa shape index (κ2) is 10.9. The number of aromatic nitrogens is 3. The fraction of sp³-hybridized carbons (Fsp3) is 0.400. The van der Waals surface area contributed by atoms with Crippen molar-refractivity contribution < 1.29 is 13.2 Å². The molecule has 1 aliphatic rings. The summed E-state index contributed by atoms with van der Waals surface area (Å²) in [6.45, 7) is 7.33. The molecule has 38 heavy (non-hydrogen) atoms. The Morgan fingerprint density at radius 2 is 1.84 bits per heavy atom. The molecule has 1 amide bonds. The molecule has 0 radical (unpaired) electrons. The number of sulfonamides is 1. The molecule has 1 saturated heterocycles. The maximum Gasteiger partial charge on any atom is 0.252 e. The van der Waals surface area contributed by atoms with Gasteiger partial charge < -0.3 is 0 Å².